The molecule has 0 spiro atoms. The molecule has 1 unspecified atom stereocenters. The molecule has 1 aromatic carbocycles. The monoisotopic (exact) mass is 378 g/mol. The van der Waals surface area contributed by atoms with Gasteiger partial charge in [0.15, 0.2) is 0 Å². The van der Waals surface area contributed by atoms with E-state index in [-0.39, 0.29) is 23.2 Å². The molecule has 7 nitrogen and oxygen atoms in total. The number of hydrogen-bond acceptors (Lipinski definition) is 5. The number of nitrogens with two attached hydrogens (primary N) is 1. The van der Waals surface area contributed by atoms with Crippen molar-refractivity contribution in [2.24, 2.45) is 5.73 Å². The number of rotatable bonds is 8. The van der Waals surface area contributed by atoms with Gasteiger partial charge >= 0.3 is 0 Å². The molecular weight excluding hydrogens is 352 g/mol. The fraction of sp³-hybridized carbons (Fsp3) is 0.533. The van der Waals surface area contributed by atoms with Gasteiger partial charge in [-0.3, -0.25) is 4.79 Å². The van der Waals surface area contributed by atoms with Crippen LogP contribution in [0.25, 0.3) is 0 Å². The standard InChI is InChI=1S/C15H26N4O3S.ClH/c1-5-7-12(16)15(20)18-14-10-11(23(21,22)19(3)4)8-9-13(14)17-6-2;/h8-10,12,17H,5-7,16H2,1-4H3,(H,18,20);1H. The molecule has 0 aliphatic heterocycles. The van der Waals surface area contributed by atoms with Gasteiger partial charge in [0.1, 0.15) is 0 Å². The Labute approximate surface area is 150 Å². The fourth-order valence-corrected chi connectivity index (χ4v) is 2.94. The van der Waals surface area contributed by atoms with Gasteiger partial charge in [-0.15, -0.1) is 12.4 Å². The predicted molar refractivity (Wildman–Crippen MR) is 100 cm³/mol. The van der Waals surface area contributed by atoms with Crippen molar-refractivity contribution in [3.05, 3.63) is 18.2 Å². The van der Waals surface area contributed by atoms with Crippen molar-refractivity contribution in [3.63, 3.8) is 0 Å². The zero-order chi connectivity index (χ0) is 17.6. The Kier molecular flexibility index (Phi) is 9.27. The van der Waals surface area contributed by atoms with Crippen LogP contribution in [0.1, 0.15) is 26.7 Å². The summed E-state index contributed by atoms with van der Waals surface area (Å²) in [5.74, 6) is -0.328. The van der Waals surface area contributed by atoms with Gasteiger partial charge in [0, 0.05) is 20.6 Å². The van der Waals surface area contributed by atoms with Crippen LogP contribution in [0.4, 0.5) is 11.4 Å². The molecule has 0 heterocycles. The summed E-state index contributed by atoms with van der Waals surface area (Å²) in [7, 11) is -0.652. The molecule has 0 radical (unpaired) electrons. The molecular formula is C15H27ClN4O3S. The lowest BCUT2D eigenvalue weighted by molar-refractivity contribution is -0.117. The third-order valence-electron chi connectivity index (χ3n) is 3.33. The molecule has 1 rings (SSSR count). The first-order chi connectivity index (χ1) is 10.7. The molecule has 0 aliphatic carbocycles. The molecule has 0 bridgehead atoms. The van der Waals surface area contributed by atoms with E-state index in [2.05, 4.69) is 10.6 Å². The van der Waals surface area contributed by atoms with Crippen molar-refractivity contribution in [1.82, 2.24) is 4.31 Å². The summed E-state index contributed by atoms with van der Waals surface area (Å²) in [5, 5.41) is 5.82. The molecule has 0 saturated carbocycles. The summed E-state index contributed by atoms with van der Waals surface area (Å²) in [6.45, 7) is 4.50. The third-order valence-corrected chi connectivity index (χ3v) is 5.14. The highest BCUT2D eigenvalue weighted by Gasteiger charge is 2.20. The maximum absolute atomic E-state index is 12.2. The van der Waals surface area contributed by atoms with Crippen molar-refractivity contribution in [2.75, 3.05) is 31.3 Å². The Hall–Kier alpha value is -1.35. The zero-order valence-electron chi connectivity index (χ0n) is 14.5. The zero-order valence-corrected chi connectivity index (χ0v) is 16.1. The van der Waals surface area contributed by atoms with E-state index in [1.807, 2.05) is 13.8 Å². The van der Waals surface area contributed by atoms with Crippen molar-refractivity contribution in [3.8, 4) is 0 Å². The van der Waals surface area contributed by atoms with Crippen LogP contribution in [-0.2, 0) is 14.8 Å². The SMILES string of the molecule is CCCC(N)C(=O)Nc1cc(S(=O)(=O)N(C)C)ccc1NCC.Cl. The van der Waals surface area contributed by atoms with E-state index in [1.54, 1.807) is 6.07 Å². The van der Waals surface area contributed by atoms with Crippen molar-refractivity contribution in [2.45, 2.75) is 37.6 Å². The lowest BCUT2D eigenvalue weighted by atomic mass is 10.1. The van der Waals surface area contributed by atoms with Gasteiger partial charge in [-0.05, 0) is 31.5 Å². The van der Waals surface area contributed by atoms with Gasteiger partial charge in [0.25, 0.3) is 0 Å². The number of anilines is 2. The Bertz CT molecular complexity index is 650. The Balaban J connectivity index is 0.00000529. The largest absolute Gasteiger partial charge is 0.384 e. The number of carbonyl (C=O) groups is 1. The van der Waals surface area contributed by atoms with E-state index in [0.29, 0.717) is 24.3 Å². The summed E-state index contributed by atoms with van der Waals surface area (Å²) in [6, 6.07) is 3.98. The minimum absolute atomic E-state index is 0. The second kappa shape index (κ2) is 9.83. The number of amides is 1. The molecule has 24 heavy (non-hydrogen) atoms. The first-order valence-corrected chi connectivity index (χ1v) is 9.04. The van der Waals surface area contributed by atoms with Gasteiger partial charge in [0.2, 0.25) is 15.9 Å². The van der Waals surface area contributed by atoms with Crippen LogP contribution < -0.4 is 16.4 Å². The van der Waals surface area contributed by atoms with E-state index in [0.717, 1.165) is 10.7 Å². The van der Waals surface area contributed by atoms with Crippen molar-refractivity contribution < 1.29 is 13.2 Å². The number of carbonyl (C=O) groups excluding carboxylic acids is 1. The normalized spacial score (nSPS) is 12.4. The number of nitrogens with zero attached hydrogens (tertiary/aromatic N) is 1. The molecule has 0 aliphatic rings. The second-order valence-electron chi connectivity index (χ2n) is 5.41. The average molecular weight is 379 g/mol. The van der Waals surface area contributed by atoms with E-state index < -0.39 is 16.1 Å². The Morgan fingerprint density at radius 2 is 1.88 bits per heavy atom. The van der Waals surface area contributed by atoms with Crippen LogP contribution >= 0.6 is 12.4 Å². The number of halogens is 1. The highest BCUT2D eigenvalue weighted by molar-refractivity contribution is 7.89. The van der Waals surface area contributed by atoms with Crippen LogP contribution in [0.2, 0.25) is 0 Å². The predicted octanol–water partition coefficient (Wildman–Crippen LogP) is 1.86. The van der Waals surface area contributed by atoms with Crippen LogP contribution in [-0.4, -0.2) is 45.3 Å². The number of nitrogens with one attached hydrogen (secondary N) is 2. The summed E-state index contributed by atoms with van der Waals surface area (Å²) < 4.78 is 25.6. The summed E-state index contributed by atoms with van der Waals surface area (Å²) in [4.78, 5) is 12.2. The van der Waals surface area contributed by atoms with Crippen LogP contribution in [0.3, 0.4) is 0 Å². The fourth-order valence-electron chi connectivity index (χ4n) is 2.01. The summed E-state index contributed by atoms with van der Waals surface area (Å²) >= 11 is 0. The van der Waals surface area contributed by atoms with Gasteiger partial charge < -0.3 is 16.4 Å². The minimum atomic E-state index is -3.57. The van der Waals surface area contributed by atoms with Crippen molar-refractivity contribution in [1.29, 1.82) is 0 Å². The van der Waals surface area contributed by atoms with E-state index in [4.69, 9.17) is 5.73 Å². The number of hydrogen-bond donors (Lipinski definition) is 3. The highest BCUT2D eigenvalue weighted by atomic mass is 35.5. The lowest BCUT2D eigenvalue weighted by Crippen LogP contribution is -2.35. The van der Waals surface area contributed by atoms with Crippen LogP contribution in [0.5, 0.6) is 0 Å². The van der Waals surface area contributed by atoms with Crippen LogP contribution in [0, 0.1) is 0 Å². The van der Waals surface area contributed by atoms with Gasteiger partial charge in [-0.2, -0.15) is 0 Å². The molecule has 1 atom stereocenters. The molecule has 0 saturated heterocycles. The number of sulfonamides is 1. The van der Waals surface area contributed by atoms with E-state index in [9.17, 15) is 13.2 Å². The molecule has 9 heteroatoms. The smallest absolute Gasteiger partial charge is 0.242 e. The third kappa shape index (κ3) is 5.62. The highest BCUT2D eigenvalue weighted by Crippen LogP contribution is 2.27. The molecule has 0 aromatic heterocycles. The Morgan fingerprint density at radius 1 is 1.25 bits per heavy atom. The minimum Gasteiger partial charge on any atom is -0.384 e. The Morgan fingerprint density at radius 3 is 2.38 bits per heavy atom. The van der Waals surface area contributed by atoms with Gasteiger partial charge in [-0.25, -0.2) is 12.7 Å². The van der Waals surface area contributed by atoms with Gasteiger partial charge in [-0.1, -0.05) is 13.3 Å². The molecule has 1 amide bonds. The molecule has 4 N–H and O–H groups in total. The van der Waals surface area contributed by atoms with E-state index >= 15 is 0 Å². The summed E-state index contributed by atoms with van der Waals surface area (Å²) in [6.07, 6.45) is 1.36. The molecule has 0 fully saturated rings. The second-order valence-corrected chi connectivity index (χ2v) is 7.56. The first-order valence-electron chi connectivity index (χ1n) is 7.60. The average Bonchev–Trinajstić information content (AvgIpc) is 2.49. The van der Waals surface area contributed by atoms with E-state index in [1.165, 1.54) is 26.2 Å². The topological polar surface area (TPSA) is 105 Å². The van der Waals surface area contributed by atoms with Gasteiger partial charge in [0.05, 0.1) is 22.3 Å². The van der Waals surface area contributed by atoms with Crippen molar-refractivity contribution >= 4 is 39.7 Å². The quantitative estimate of drug-likeness (QED) is 0.640. The summed E-state index contributed by atoms with van der Waals surface area (Å²) in [5.41, 5.74) is 6.88. The first kappa shape index (κ1) is 22.6. The van der Waals surface area contributed by atoms with Crippen LogP contribution in [0.15, 0.2) is 23.1 Å². The molecule has 1 aromatic rings. The maximum atomic E-state index is 12.2. The molecule has 138 valence electrons. The maximum Gasteiger partial charge on any atom is 0.242 e. The number of benzene rings is 1. The lowest BCUT2D eigenvalue weighted by Gasteiger charge is -2.18.